The van der Waals surface area contributed by atoms with E-state index in [0.717, 1.165) is 19.3 Å². The van der Waals surface area contributed by atoms with Crippen LogP contribution < -0.4 is 10.1 Å². The Morgan fingerprint density at radius 2 is 2.32 bits per heavy atom. The molecule has 0 unspecified atom stereocenters. The summed E-state index contributed by atoms with van der Waals surface area (Å²) in [5.74, 6) is 0.287. The Morgan fingerprint density at radius 1 is 1.47 bits per heavy atom. The number of nitrogens with zero attached hydrogens (tertiary/aromatic N) is 1. The van der Waals surface area contributed by atoms with Crippen LogP contribution in [0.25, 0.3) is 0 Å². The monoisotopic (exact) mass is 262 g/mol. The summed E-state index contributed by atoms with van der Waals surface area (Å²) in [7, 11) is 1.44. The lowest BCUT2D eigenvalue weighted by Gasteiger charge is -2.09. The van der Waals surface area contributed by atoms with Gasteiger partial charge in [-0.25, -0.2) is 0 Å². The molecular formula is C14H18N2O3. The smallest absolute Gasteiger partial charge is 0.333 e. The summed E-state index contributed by atoms with van der Waals surface area (Å²) in [5, 5.41) is 14.2. The van der Waals surface area contributed by atoms with E-state index in [-0.39, 0.29) is 11.4 Å². The predicted octanol–water partition coefficient (Wildman–Crippen LogP) is 3.52. The summed E-state index contributed by atoms with van der Waals surface area (Å²) in [6, 6.07) is 5.06. The van der Waals surface area contributed by atoms with Gasteiger partial charge in [0, 0.05) is 6.54 Å². The van der Waals surface area contributed by atoms with Crippen molar-refractivity contribution in [3.8, 4) is 5.75 Å². The van der Waals surface area contributed by atoms with Crippen molar-refractivity contribution in [3.05, 3.63) is 40.0 Å². The van der Waals surface area contributed by atoms with E-state index in [9.17, 15) is 10.1 Å². The van der Waals surface area contributed by atoms with Gasteiger partial charge >= 0.3 is 5.69 Å². The van der Waals surface area contributed by atoms with Gasteiger partial charge in [-0.15, -0.1) is 0 Å². The molecular weight excluding hydrogens is 244 g/mol. The number of ether oxygens (including phenoxy) is 1. The summed E-state index contributed by atoms with van der Waals surface area (Å²) in [4.78, 5) is 10.7. The second-order valence-corrected chi connectivity index (χ2v) is 4.54. The fraction of sp³-hybridized carbons (Fsp3) is 0.429. The van der Waals surface area contributed by atoms with Crippen LogP contribution in [-0.2, 0) is 0 Å². The van der Waals surface area contributed by atoms with E-state index < -0.39 is 4.92 Å². The Labute approximate surface area is 112 Å². The van der Waals surface area contributed by atoms with Crippen molar-refractivity contribution in [2.24, 2.45) is 0 Å². The summed E-state index contributed by atoms with van der Waals surface area (Å²) in [6.45, 7) is 0.708. The lowest BCUT2D eigenvalue weighted by atomic mass is 10.1. The third-order valence-corrected chi connectivity index (χ3v) is 3.30. The lowest BCUT2D eigenvalue weighted by Crippen LogP contribution is -2.06. The van der Waals surface area contributed by atoms with Crippen LogP contribution in [0.5, 0.6) is 5.75 Å². The first-order valence-electron chi connectivity index (χ1n) is 6.45. The van der Waals surface area contributed by atoms with Gasteiger partial charge in [-0.1, -0.05) is 17.7 Å². The Balaban J connectivity index is 2.04. The summed E-state index contributed by atoms with van der Waals surface area (Å²) in [6.07, 6.45) is 6.75. The van der Waals surface area contributed by atoms with Crippen molar-refractivity contribution >= 4 is 11.4 Å². The van der Waals surface area contributed by atoms with E-state index in [1.165, 1.54) is 19.1 Å². The highest BCUT2D eigenvalue weighted by atomic mass is 16.6. The zero-order valence-corrected chi connectivity index (χ0v) is 11.0. The van der Waals surface area contributed by atoms with Crippen molar-refractivity contribution in [1.29, 1.82) is 0 Å². The normalized spacial score (nSPS) is 14.1. The maximum absolute atomic E-state index is 11.1. The quantitative estimate of drug-likeness (QED) is 0.484. The first kappa shape index (κ1) is 13.4. The number of benzene rings is 1. The molecule has 5 nitrogen and oxygen atoms in total. The Bertz CT molecular complexity index is 497. The zero-order chi connectivity index (χ0) is 13.7. The molecule has 1 aliphatic rings. The number of allylic oxidation sites excluding steroid dienone is 1. The molecule has 0 bridgehead atoms. The minimum absolute atomic E-state index is 0.00500. The number of methoxy groups -OCH3 is 1. The molecule has 19 heavy (non-hydrogen) atoms. The Hall–Kier alpha value is -2.04. The molecule has 0 amide bonds. The van der Waals surface area contributed by atoms with Crippen LogP contribution in [0.4, 0.5) is 11.4 Å². The van der Waals surface area contributed by atoms with E-state index in [4.69, 9.17) is 4.74 Å². The van der Waals surface area contributed by atoms with Crippen molar-refractivity contribution < 1.29 is 9.66 Å². The van der Waals surface area contributed by atoms with Crippen LogP contribution in [0.1, 0.15) is 25.7 Å². The van der Waals surface area contributed by atoms with Gasteiger partial charge in [0.2, 0.25) is 0 Å². The van der Waals surface area contributed by atoms with Gasteiger partial charge in [-0.3, -0.25) is 10.1 Å². The van der Waals surface area contributed by atoms with Gasteiger partial charge in [-0.05, 0) is 37.8 Å². The minimum atomic E-state index is -0.407. The van der Waals surface area contributed by atoms with Gasteiger partial charge in [0.25, 0.3) is 0 Å². The molecule has 0 radical (unpaired) electrons. The molecule has 0 spiro atoms. The second kappa shape index (κ2) is 6.22. The van der Waals surface area contributed by atoms with E-state index in [1.54, 1.807) is 18.2 Å². The molecule has 0 atom stereocenters. The fourth-order valence-electron chi connectivity index (χ4n) is 2.34. The van der Waals surface area contributed by atoms with Crippen molar-refractivity contribution in [3.63, 3.8) is 0 Å². The van der Waals surface area contributed by atoms with Crippen molar-refractivity contribution in [1.82, 2.24) is 0 Å². The van der Waals surface area contributed by atoms with Crippen LogP contribution >= 0.6 is 0 Å². The molecule has 0 saturated heterocycles. The number of hydrogen-bond acceptors (Lipinski definition) is 4. The average molecular weight is 262 g/mol. The first-order chi connectivity index (χ1) is 9.22. The number of nitrogens with one attached hydrogen (secondary N) is 1. The molecule has 0 saturated carbocycles. The summed E-state index contributed by atoms with van der Waals surface area (Å²) >= 11 is 0. The average Bonchev–Trinajstić information content (AvgIpc) is 2.91. The lowest BCUT2D eigenvalue weighted by molar-refractivity contribution is -0.384. The fourth-order valence-corrected chi connectivity index (χ4v) is 2.34. The highest BCUT2D eigenvalue weighted by Gasteiger charge is 2.20. The van der Waals surface area contributed by atoms with Gasteiger partial charge in [0.1, 0.15) is 5.69 Å². The maximum Gasteiger partial charge on any atom is 0.333 e. The highest BCUT2D eigenvalue weighted by molar-refractivity contribution is 5.68. The Kier molecular flexibility index (Phi) is 4.39. The van der Waals surface area contributed by atoms with Crippen LogP contribution in [0.15, 0.2) is 29.8 Å². The number of nitro benzene ring substituents is 1. The molecule has 1 aromatic carbocycles. The van der Waals surface area contributed by atoms with E-state index in [1.807, 2.05) is 0 Å². The van der Waals surface area contributed by atoms with Crippen molar-refractivity contribution in [2.45, 2.75) is 25.7 Å². The topological polar surface area (TPSA) is 64.4 Å². The third-order valence-electron chi connectivity index (χ3n) is 3.30. The van der Waals surface area contributed by atoms with Gasteiger partial charge in [-0.2, -0.15) is 0 Å². The molecule has 0 fully saturated rings. The van der Waals surface area contributed by atoms with Crippen LogP contribution in [-0.4, -0.2) is 18.6 Å². The van der Waals surface area contributed by atoms with E-state index in [0.29, 0.717) is 12.2 Å². The third kappa shape index (κ3) is 3.24. The number of para-hydroxylation sites is 1. The Morgan fingerprint density at radius 3 is 2.95 bits per heavy atom. The van der Waals surface area contributed by atoms with Crippen LogP contribution in [0.3, 0.4) is 0 Å². The molecule has 1 N–H and O–H groups in total. The van der Waals surface area contributed by atoms with Gasteiger partial charge in [0.05, 0.1) is 12.0 Å². The molecule has 102 valence electrons. The minimum Gasteiger partial charge on any atom is -0.490 e. The molecule has 0 aromatic heterocycles. The molecule has 1 aromatic rings. The summed E-state index contributed by atoms with van der Waals surface area (Å²) in [5.41, 5.74) is 1.96. The zero-order valence-electron chi connectivity index (χ0n) is 11.0. The van der Waals surface area contributed by atoms with Crippen molar-refractivity contribution in [2.75, 3.05) is 19.0 Å². The number of rotatable bonds is 6. The number of hydrogen-bond donors (Lipinski definition) is 1. The molecule has 2 rings (SSSR count). The second-order valence-electron chi connectivity index (χ2n) is 4.54. The van der Waals surface area contributed by atoms with Gasteiger partial charge < -0.3 is 10.1 Å². The molecule has 0 aliphatic heterocycles. The first-order valence-corrected chi connectivity index (χ1v) is 6.45. The maximum atomic E-state index is 11.1. The highest BCUT2D eigenvalue weighted by Crippen LogP contribution is 2.34. The van der Waals surface area contributed by atoms with Gasteiger partial charge in [0.15, 0.2) is 5.75 Å². The van der Waals surface area contributed by atoms with Crippen LogP contribution in [0, 0.1) is 10.1 Å². The SMILES string of the molecule is COc1cccc(NCCC2=CCCC2)c1[N+](=O)[O-]. The van der Waals surface area contributed by atoms with Crippen LogP contribution in [0.2, 0.25) is 0 Å². The molecule has 1 aliphatic carbocycles. The number of nitro groups is 1. The standard InChI is InChI=1S/C14H18N2O3/c1-19-13-8-4-7-12(14(13)16(17)18)15-10-9-11-5-2-3-6-11/h4-5,7-8,15H,2-3,6,9-10H2,1H3. The molecule has 0 heterocycles. The number of anilines is 1. The molecule has 5 heteroatoms. The predicted molar refractivity (Wildman–Crippen MR) is 74.7 cm³/mol. The van der Waals surface area contributed by atoms with E-state index in [2.05, 4.69) is 11.4 Å². The van der Waals surface area contributed by atoms with E-state index >= 15 is 0 Å². The largest absolute Gasteiger partial charge is 0.490 e. The summed E-state index contributed by atoms with van der Waals surface area (Å²) < 4.78 is 5.03.